The summed E-state index contributed by atoms with van der Waals surface area (Å²) in [6.45, 7) is 7.17. The molecule has 0 radical (unpaired) electrons. The molecule has 1 N–H and O–H groups in total. The second-order valence-electron chi connectivity index (χ2n) is 9.05. The number of aryl methyl sites for hydroxylation is 1. The van der Waals surface area contributed by atoms with E-state index in [2.05, 4.69) is 32.2 Å². The summed E-state index contributed by atoms with van der Waals surface area (Å²) in [6, 6.07) is 16.0. The summed E-state index contributed by atoms with van der Waals surface area (Å²) in [5.74, 6) is -0.229. The second kappa shape index (κ2) is 6.77. The van der Waals surface area contributed by atoms with Crippen LogP contribution >= 0.6 is 0 Å². The van der Waals surface area contributed by atoms with Crippen LogP contribution in [-0.2, 0) is 21.4 Å². The Morgan fingerprint density at radius 1 is 1.00 bits per heavy atom. The number of para-hydroxylation sites is 1. The molecule has 0 bridgehead atoms. The number of fused-ring (bicyclic) bond motifs is 1. The van der Waals surface area contributed by atoms with Gasteiger partial charge in [-0.25, -0.2) is 0 Å². The number of carbonyl (C=O) groups excluding carboxylic acids is 2. The van der Waals surface area contributed by atoms with Crippen LogP contribution in [0.25, 0.3) is 0 Å². The zero-order valence-corrected chi connectivity index (χ0v) is 16.9. The van der Waals surface area contributed by atoms with E-state index in [9.17, 15) is 9.59 Å². The van der Waals surface area contributed by atoms with Crippen LogP contribution in [-0.4, -0.2) is 18.4 Å². The lowest BCUT2D eigenvalue weighted by Gasteiger charge is -2.32. The summed E-state index contributed by atoms with van der Waals surface area (Å²) in [6.07, 6.45) is 3.17. The minimum absolute atomic E-state index is 0.0524. The van der Waals surface area contributed by atoms with Gasteiger partial charge >= 0.3 is 0 Å². The molecular weight excluding hydrogens is 348 g/mol. The average molecular weight is 377 g/mol. The fraction of sp³-hybridized carbons (Fsp3) is 0.417. The molecule has 0 spiro atoms. The van der Waals surface area contributed by atoms with Crippen molar-refractivity contribution >= 4 is 23.2 Å². The molecule has 1 fully saturated rings. The lowest BCUT2D eigenvalue weighted by Crippen LogP contribution is -2.45. The minimum atomic E-state index is -0.910. The molecule has 28 heavy (non-hydrogen) atoms. The molecule has 0 unspecified atom stereocenters. The fourth-order valence-corrected chi connectivity index (χ4v) is 3.97. The first-order chi connectivity index (χ1) is 13.3. The van der Waals surface area contributed by atoms with Crippen LogP contribution in [0.15, 0.2) is 48.5 Å². The SMILES string of the molecule is CC(C)(C)c1ccc(NC(=O)C2(C(=O)N3CCCc4ccccc43)CC2)cc1. The smallest absolute Gasteiger partial charge is 0.242 e. The molecule has 2 aromatic rings. The van der Waals surface area contributed by atoms with Crippen molar-refractivity contribution in [1.29, 1.82) is 0 Å². The Hall–Kier alpha value is -2.62. The zero-order chi connectivity index (χ0) is 19.9. The van der Waals surface area contributed by atoms with Gasteiger partial charge in [-0.05, 0) is 60.4 Å². The van der Waals surface area contributed by atoms with Crippen LogP contribution in [0.4, 0.5) is 11.4 Å². The van der Waals surface area contributed by atoms with Crippen molar-refractivity contribution in [3.63, 3.8) is 0 Å². The monoisotopic (exact) mass is 376 g/mol. The van der Waals surface area contributed by atoms with Crippen LogP contribution < -0.4 is 10.2 Å². The van der Waals surface area contributed by atoms with E-state index in [1.807, 2.05) is 47.4 Å². The predicted molar refractivity (Wildman–Crippen MR) is 113 cm³/mol. The molecule has 4 nitrogen and oxygen atoms in total. The molecule has 1 saturated carbocycles. The van der Waals surface area contributed by atoms with Gasteiger partial charge < -0.3 is 10.2 Å². The van der Waals surface area contributed by atoms with Crippen molar-refractivity contribution in [2.75, 3.05) is 16.8 Å². The number of nitrogens with one attached hydrogen (secondary N) is 1. The Morgan fingerprint density at radius 3 is 2.32 bits per heavy atom. The number of hydrogen-bond donors (Lipinski definition) is 1. The molecule has 0 atom stereocenters. The van der Waals surface area contributed by atoms with Gasteiger partial charge in [-0.2, -0.15) is 0 Å². The molecule has 1 aliphatic carbocycles. The van der Waals surface area contributed by atoms with Crippen LogP contribution in [0, 0.1) is 5.41 Å². The second-order valence-corrected chi connectivity index (χ2v) is 9.05. The van der Waals surface area contributed by atoms with Gasteiger partial charge in [0.25, 0.3) is 0 Å². The maximum absolute atomic E-state index is 13.3. The highest BCUT2D eigenvalue weighted by atomic mass is 16.2. The van der Waals surface area contributed by atoms with Gasteiger partial charge in [0.1, 0.15) is 5.41 Å². The average Bonchev–Trinajstić information content (AvgIpc) is 3.49. The van der Waals surface area contributed by atoms with Crippen LogP contribution in [0.2, 0.25) is 0 Å². The molecule has 2 amide bonds. The zero-order valence-electron chi connectivity index (χ0n) is 16.9. The van der Waals surface area contributed by atoms with Crippen molar-refractivity contribution in [1.82, 2.24) is 0 Å². The Labute approximate surface area is 166 Å². The lowest BCUT2D eigenvalue weighted by atomic mass is 9.87. The summed E-state index contributed by atoms with van der Waals surface area (Å²) in [5.41, 5.74) is 3.28. The Kier molecular flexibility index (Phi) is 4.53. The number of nitrogens with zero attached hydrogens (tertiary/aromatic N) is 1. The lowest BCUT2D eigenvalue weighted by molar-refractivity contribution is -0.132. The van der Waals surface area contributed by atoms with E-state index < -0.39 is 5.41 Å². The first-order valence-electron chi connectivity index (χ1n) is 10.1. The van der Waals surface area contributed by atoms with Gasteiger partial charge in [0.05, 0.1) is 0 Å². The minimum Gasteiger partial charge on any atom is -0.325 e. The molecule has 0 saturated heterocycles. The van der Waals surface area contributed by atoms with Crippen molar-refractivity contribution in [2.45, 2.75) is 51.9 Å². The van der Waals surface area contributed by atoms with Gasteiger partial charge in [-0.15, -0.1) is 0 Å². The largest absolute Gasteiger partial charge is 0.325 e. The van der Waals surface area contributed by atoms with E-state index in [0.29, 0.717) is 19.4 Å². The number of amides is 2. The maximum Gasteiger partial charge on any atom is 0.242 e. The van der Waals surface area contributed by atoms with Crippen LogP contribution in [0.1, 0.15) is 51.2 Å². The van der Waals surface area contributed by atoms with Crippen molar-refractivity contribution in [3.8, 4) is 0 Å². The molecule has 2 aromatic carbocycles. The van der Waals surface area contributed by atoms with Crippen LogP contribution in [0.5, 0.6) is 0 Å². The third kappa shape index (κ3) is 3.32. The van der Waals surface area contributed by atoms with Gasteiger partial charge in [0, 0.05) is 17.9 Å². The normalized spacial score (nSPS) is 17.6. The molecule has 1 heterocycles. The first kappa shape index (κ1) is 18.7. The van der Waals surface area contributed by atoms with E-state index in [-0.39, 0.29) is 17.2 Å². The number of rotatable bonds is 3. The third-order valence-corrected chi connectivity index (χ3v) is 5.96. The van der Waals surface area contributed by atoms with Gasteiger partial charge in [0.15, 0.2) is 0 Å². The Morgan fingerprint density at radius 2 is 1.68 bits per heavy atom. The Bertz CT molecular complexity index is 905. The first-order valence-corrected chi connectivity index (χ1v) is 10.1. The summed E-state index contributed by atoms with van der Waals surface area (Å²) in [7, 11) is 0. The number of carbonyl (C=O) groups is 2. The fourth-order valence-electron chi connectivity index (χ4n) is 3.97. The standard InChI is InChI=1S/C24H28N2O2/c1-23(2,3)18-10-12-19(13-11-18)25-21(27)24(14-15-24)22(28)26-16-6-8-17-7-4-5-9-20(17)26/h4-5,7,9-13H,6,8,14-16H2,1-3H3,(H,25,27). The van der Waals surface area contributed by atoms with Gasteiger partial charge in [0.2, 0.25) is 11.8 Å². The molecule has 2 aliphatic rings. The van der Waals surface area contributed by atoms with E-state index in [1.54, 1.807) is 0 Å². The topological polar surface area (TPSA) is 49.4 Å². The van der Waals surface area contributed by atoms with Gasteiger partial charge in [-0.3, -0.25) is 9.59 Å². The van der Waals surface area contributed by atoms with E-state index in [0.717, 1.165) is 24.2 Å². The highest BCUT2D eigenvalue weighted by Gasteiger charge is 2.58. The predicted octanol–water partition coefficient (Wildman–Crippen LogP) is 4.68. The summed E-state index contributed by atoms with van der Waals surface area (Å²) in [4.78, 5) is 28.2. The van der Waals surface area contributed by atoms with Crippen LogP contribution in [0.3, 0.4) is 0 Å². The number of hydrogen-bond acceptors (Lipinski definition) is 2. The number of anilines is 2. The summed E-state index contributed by atoms with van der Waals surface area (Å²) >= 11 is 0. The van der Waals surface area contributed by atoms with Crippen molar-refractivity contribution in [3.05, 3.63) is 59.7 Å². The summed E-state index contributed by atoms with van der Waals surface area (Å²) in [5, 5.41) is 2.98. The van der Waals surface area contributed by atoms with E-state index in [4.69, 9.17) is 0 Å². The Balaban J connectivity index is 1.51. The molecule has 4 rings (SSSR count). The quantitative estimate of drug-likeness (QED) is 0.791. The molecule has 0 aromatic heterocycles. The number of benzene rings is 2. The maximum atomic E-state index is 13.3. The molecule has 4 heteroatoms. The highest BCUT2D eigenvalue weighted by molar-refractivity contribution is 6.18. The van der Waals surface area contributed by atoms with Gasteiger partial charge in [-0.1, -0.05) is 51.1 Å². The molecular formula is C24H28N2O2. The van der Waals surface area contributed by atoms with E-state index in [1.165, 1.54) is 11.1 Å². The highest BCUT2D eigenvalue weighted by Crippen LogP contribution is 2.49. The van der Waals surface area contributed by atoms with Crippen molar-refractivity contribution in [2.24, 2.45) is 5.41 Å². The summed E-state index contributed by atoms with van der Waals surface area (Å²) < 4.78 is 0. The van der Waals surface area contributed by atoms with E-state index >= 15 is 0 Å². The van der Waals surface area contributed by atoms with Crippen molar-refractivity contribution < 1.29 is 9.59 Å². The third-order valence-electron chi connectivity index (χ3n) is 5.96. The molecule has 1 aliphatic heterocycles. The molecule has 146 valence electrons.